The summed E-state index contributed by atoms with van der Waals surface area (Å²) >= 11 is 1.07. The Balaban J connectivity index is 1.54. The number of hydrogen-bond donors (Lipinski definition) is 3. The largest absolute Gasteiger partial charge is 0.573 e. The van der Waals surface area contributed by atoms with Crippen molar-refractivity contribution in [3.05, 3.63) is 36.2 Å². The number of aliphatic hydroxyl groups is 1. The Morgan fingerprint density at radius 3 is 2.53 bits per heavy atom. The molecule has 1 saturated carbocycles. The number of halogens is 3. The number of benzene rings is 1. The molecule has 1 aromatic carbocycles. The van der Waals surface area contributed by atoms with Crippen molar-refractivity contribution < 1.29 is 32.6 Å². The number of imidazole rings is 1. The van der Waals surface area contributed by atoms with E-state index in [1.165, 1.54) is 18.3 Å². The highest BCUT2D eigenvalue weighted by atomic mass is 32.2. The van der Waals surface area contributed by atoms with Gasteiger partial charge < -0.3 is 25.0 Å². The molecule has 0 bridgehead atoms. The molecule has 2 aromatic rings. The normalized spacial score (nSPS) is 13.7. The number of ether oxygens (including phenoxy) is 1. The molecule has 3 rings (SSSR count). The first-order valence-corrected chi connectivity index (χ1v) is 9.95. The number of aliphatic hydroxyl groups excluding tert-OH is 1. The molecule has 30 heavy (non-hydrogen) atoms. The lowest BCUT2D eigenvalue weighted by molar-refractivity contribution is -0.274. The molecule has 1 aromatic heterocycles. The van der Waals surface area contributed by atoms with Crippen LogP contribution >= 0.6 is 11.8 Å². The minimum absolute atomic E-state index is 0.0169. The van der Waals surface area contributed by atoms with Gasteiger partial charge in [-0.05, 0) is 37.1 Å². The number of nitrogens with one attached hydrogen (secondary N) is 2. The van der Waals surface area contributed by atoms with Crippen LogP contribution in [0, 0.1) is 0 Å². The molecule has 8 nitrogen and oxygen atoms in total. The van der Waals surface area contributed by atoms with E-state index in [1.807, 2.05) is 0 Å². The molecule has 0 unspecified atom stereocenters. The lowest BCUT2D eigenvalue weighted by atomic mass is 10.3. The number of rotatable bonds is 9. The van der Waals surface area contributed by atoms with Gasteiger partial charge in [0.25, 0.3) is 0 Å². The van der Waals surface area contributed by atoms with Crippen molar-refractivity contribution >= 4 is 29.3 Å². The minimum atomic E-state index is -4.79. The number of aromatic nitrogens is 2. The Kier molecular flexibility index (Phi) is 6.87. The van der Waals surface area contributed by atoms with Crippen molar-refractivity contribution in [1.29, 1.82) is 0 Å². The highest BCUT2D eigenvalue weighted by molar-refractivity contribution is 7.99. The van der Waals surface area contributed by atoms with Crippen molar-refractivity contribution in [3.8, 4) is 5.75 Å². The van der Waals surface area contributed by atoms with E-state index in [0.29, 0.717) is 16.5 Å². The maximum absolute atomic E-state index is 12.2. The number of carbonyl (C=O) groups is 2. The minimum Gasteiger partial charge on any atom is -0.406 e. The molecule has 2 amide bonds. The average Bonchev–Trinajstić information content (AvgIpc) is 3.39. The quantitative estimate of drug-likeness (QED) is 0.513. The molecule has 162 valence electrons. The standard InChI is InChI=1S/C18H19F3N4O4S/c19-18(20,21)29-14-5-3-12(4-6-14)24-16(28)10-30-17-22-7-13(9-26)25(17)8-15(27)23-11-1-2-11/h3-7,11,26H,1-2,8-10H2,(H,23,27)(H,24,28). The monoisotopic (exact) mass is 444 g/mol. The third kappa shape index (κ3) is 6.66. The number of alkyl halides is 3. The molecule has 1 fully saturated rings. The molecule has 1 heterocycles. The van der Waals surface area contributed by atoms with Gasteiger partial charge in [0, 0.05) is 11.7 Å². The van der Waals surface area contributed by atoms with E-state index in [9.17, 15) is 27.9 Å². The molecule has 0 atom stereocenters. The summed E-state index contributed by atoms with van der Waals surface area (Å²) in [5.41, 5.74) is 0.752. The van der Waals surface area contributed by atoms with Crippen molar-refractivity contribution in [3.63, 3.8) is 0 Å². The Morgan fingerprint density at radius 1 is 1.23 bits per heavy atom. The Hall–Kier alpha value is -2.73. The zero-order chi connectivity index (χ0) is 21.7. The van der Waals surface area contributed by atoms with E-state index in [2.05, 4.69) is 20.4 Å². The van der Waals surface area contributed by atoms with Gasteiger partial charge in [0.2, 0.25) is 11.8 Å². The van der Waals surface area contributed by atoms with Crippen molar-refractivity contribution in [2.75, 3.05) is 11.1 Å². The van der Waals surface area contributed by atoms with E-state index >= 15 is 0 Å². The highest BCUT2D eigenvalue weighted by Gasteiger charge is 2.31. The fourth-order valence-corrected chi connectivity index (χ4v) is 3.31. The first-order chi connectivity index (χ1) is 14.2. The zero-order valence-electron chi connectivity index (χ0n) is 15.6. The van der Waals surface area contributed by atoms with Crippen LogP contribution in [-0.2, 0) is 22.7 Å². The van der Waals surface area contributed by atoms with Gasteiger partial charge in [-0.2, -0.15) is 0 Å². The van der Waals surface area contributed by atoms with Crippen molar-refractivity contribution in [1.82, 2.24) is 14.9 Å². The van der Waals surface area contributed by atoms with Crippen LogP contribution in [-0.4, -0.2) is 44.6 Å². The number of nitrogens with zero attached hydrogens (tertiary/aromatic N) is 2. The van der Waals surface area contributed by atoms with E-state index in [4.69, 9.17) is 0 Å². The average molecular weight is 444 g/mol. The molecule has 1 aliphatic rings. The summed E-state index contributed by atoms with van der Waals surface area (Å²) in [6.07, 6.45) is -1.45. The van der Waals surface area contributed by atoms with Gasteiger partial charge in [-0.3, -0.25) is 9.59 Å². The molecule has 0 spiro atoms. The van der Waals surface area contributed by atoms with Crippen LogP contribution in [0.2, 0.25) is 0 Å². The summed E-state index contributed by atoms with van der Waals surface area (Å²) in [6.45, 7) is -0.320. The molecule has 1 aliphatic carbocycles. The lowest BCUT2D eigenvalue weighted by Crippen LogP contribution is -2.30. The van der Waals surface area contributed by atoms with Crippen LogP contribution in [0.3, 0.4) is 0 Å². The predicted molar refractivity (Wildman–Crippen MR) is 102 cm³/mol. The van der Waals surface area contributed by atoms with Gasteiger partial charge >= 0.3 is 6.36 Å². The fraction of sp³-hybridized carbons (Fsp3) is 0.389. The van der Waals surface area contributed by atoms with Crippen LogP contribution in [0.5, 0.6) is 5.75 Å². The van der Waals surface area contributed by atoms with E-state index < -0.39 is 18.0 Å². The number of carbonyl (C=O) groups excluding carboxylic acids is 2. The van der Waals surface area contributed by atoms with Gasteiger partial charge in [-0.15, -0.1) is 13.2 Å². The molecule has 0 aliphatic heterocycles. The van der Waals surface area contributed by atoms with E-state index in [-0.39, 0.29) is 30.9 Å². The van der Waals surface area contributed by atoms with Gasteiger partial charge in [0.15, 0.2) is 5.16 Å². The van der Waals surface area contributed by atoms with Crippen LogP contribution in [0.1, 0.15) is 18.5 Å². The fourth-order valence-electron chi connectivity index (χ4n) is 2.51. The van der Waals surface area contributed by atoms with Crippen LogP contribution in [0.25, 0.3) is 0 Å². The first-order valence-electron chi connectivity index (χ1n) is 8.96. The van der Waals surface area contributed by atoms with Crippen molar-refractivity contribution in [2.45, 2.75) is 43.6 Å². The van der Waals surface area contributed by atoms with E-state index in [0.717, 1.165) is 36.7 Å². The summed E-state index contributed by atoms with van der Waals surface area (Å²) < 4.78 is 41.8. The summed E-state index contributed by atoms with van der Waals surface area (Å²) in [5.74, 6) is -1.05. The maximum atomic E-state index is 12.2. The Labute approximate surface area is 173 Å². The number of hydrogen-bond acceptors (Lipinski definition) is 6. The summed E-state index contributed by atoms with van der Waals surface area (Å²) in [6, 6.07) is 4.96. The molecule has 12 heteroatoms. The smallest absolute Gasteiger partial charge is 0.406 e. The van der Waals surface area contributed by atoms with Crippen LogP contribution in [0.4, 0.5) is 18.9 Å². The molecule has 0 saturated heterocycles. The second-order valence-electron chi connectivity index (χ2n) is 6.53. The Morgan fingerprint density at radius 2 is 1.93 bits per heavy atom. The van der Waals surface area contributed by atoms with E-state index in [1.54, 1.807) is 4.57 Å². The Bertz CT molecular complexity index is 898. The summed E-state index contributed by atoms with van der Waals surface area (Å²) in [7, 11) is 0. The topological polar surface area (TPSA) is 105 Å². The maximum Gasteiger partial charge on any atom is 0.573 e. The first kappa shape index (κ1) is 22.0. The van der Waals surface area contributed by atoms with Crippen LogP contribution < -0.4 is 15.4 Å². The number of thioether (sulfide) groups is 1. The van der Waals surface area contributed by atoms with Crippen molar-refractivity contribution in [2.24, 2.45) is 0 Å². The number of anilines is 1. The van der Waals surface area contributed by atoms with Gasteiger partial charge in [-0.1, -0.05) is 11.8 Å². The second-order valence-corrected chi connectivity index (χ2v) is 7.47. The van der Waals surface area contributed by atoms with Gasteiger partial charge in [0.05, 0.1) is 24.3 Å². The lowest BCUT2D eigenvalue weighted by Gasteiger charge is -2.11. The predicted octanol–water partition coefficient (Wildman–Crippen LogP) is 2.28. The third-order valence-corrected chi connectivity index (χ3v) is 5.00. The molecular formula is C18H19F3N4O4S. The number of amides is 2. The summed E-state index contributed by atoms with van der Waals surface area (Å²) in [5, 5.41) is 15.2. The third-order valence-electron chi connectivity index (χ3n) is 4.01. The van der Waals surface area contributed by atoms with Gasteiger partial charge in [-0.25, -0.2) is 4.98 Å². The SMILES string of the molecule is O=C(CSc1ncc(CO)n1CC(=O)NC1CC1)Nc1ccc(OC(F)(F)F)cc1. The second kappa shape index (κ2) is 9.39. The highest BCUT2D eigenvalue weighted by Crippen LogP contribution is 2.25. The summed E-state index contributed by atoms with van der Waals surface area (Å²) in [4.78, 5) is 28.4. The molecule has 0 radical (unpaired) electrons. The molecular weight excluding hydrogens is 425 g/mol. The zero-order valence-corrected chi connectivity index (χ0v) is 16.4. The van der Waals surface area contributed by atoms with Gasteiger partial charge in [0.1, 0.15) is 12.3 Å². The van der Waals surface area contributed by atoms with Crippen LogP contribution in [0.15, 0.2) is 35.6 Å². The molecule has 3 N–H and O–H groups in total.